The third kappa shape index (κ3) is 5.76. The minimum absolute atomic E-state index is 0.120. The van der Waals surface area contributed by atoms with Gasteiger partial charge in [0.1, 0.15) is 5.69 Å². The van der Waals surface area contributed by atoms with E-state index in [1.807, 2.05) is 12.1 Å². The summed E-state index contributed by atoms with van der Waals surface area (Å²) in [6.07, 6.45) is 5.08. The number of carbonyl (C=O) groups excluding carboxylic acids is 1. The van der Waals surface area contributed by atoms with Gasteiger partial charge in [0.05, 0.1) is 0 Å². The van der Waals surface area contributed by atoms with Crippen molar-refractivity contribution < 1.29 is 4.79 Å². The first-order valence-electron chi connectivity index (χ1n) is 10.5. The van der Waals surface area contributed by atoms with Crippen LogP contribution in [0.5, 0.6) is 0 Å². The summed E-state index contributed by atoms with van der Waals surface area (Å²) in [5.74, 6) is 1.39. The summed E-state index contributed by atoms with van der Waals surface area (Å²) in [5, 5.41) is 18.1. The lowest BCUT2D eigenvalue weighted by molar-refractivity contribution is -0.117. The van der Waals surface area contributed by atoms with Gasteiger partial charge < -0.3 is 21.7 Å². The fourth-order valence-electron chi connectivity index (χ4n) is 3.63. The number of hydrogen-bond acceptors (Lipinski definition) is 7. The van der Waals surface area contributed by atoms with Gasteiger partial charge >= 0.3 is 0 Å². The molecule has 1 aromatic carbocycles. The maximum atomic E-state index is 11.6. The molecule has 0 aliphatic heterocycles. The van der Waals surface area contributed by atoms with Gasteiger partial charge in [0.25, 0.3) is 0 Å². The van der Waals surface area contributed by atoms with Crippen LogP contribution in [-0.4, -0.2) is 33.2 Å². The van der Waals surface area contributed by atoms with Crippen LogP contribution in [0.25, 0.3) is 0 Å². The smallest absolute Gasteiger partial charge is 0.244 e. The topological polar surface area (TPSA) is 118 Å². The molecule has 0 radical (unpaired) electrons. The molecule has 1 fully saturated rings. The summed E-state index contributed by atoms with van der Waals surface area (Å²) >= 11 is 0. The van der Waals surface area contributed by atoms with E-state index in [-0.39, 0.29) is 24.5 Å². The van der Waals surface area contributed by atoms with Gasteiger partial charge in [-0.25, -0.2) is 0 Å². The lowest BCUT2D eigenvalue weighted by Gasteiger charge is -2.30. The molecule has 160 valence electrons. The number of nitrogens with one attached hydrogen (secondary N) is 3. The lowest BCUT2D eigenvalue weighted by atomic mass is 9.91. The molecule has 1 amide bonds. The highest BCUT2D eigenvalue weighted by Crippen LogP contribution is 2.24. The quantitative estimate of drug-likeness (QED) is 0.494. The third-order valence-corrected chi connectivity index (χ3v) is 5.33. The molecule has 0 unspecified atom stereocenters. The first-order valence-corrected chi connectivity index (χ1v) is 10.5. The predicted molar refractivity (Wildman–Crippen MR) is 120 cm³/mol. The molecule has 1 aliphatic carbocycles. The zero-order chi connectivity index (χ0) is 21.5. The number of hydrogen-bond donors (Lipinski definition) is 4. The highest BCUT2D eigenvalue weighted by molar-refractivity contribution is 5.87. The summed E-state index contributed by atoms with van der Waals surface area (Å²) in [4.78, 5) is 16.2. The molecule has 1 heterocycles. The summed E-state index contributed by atoms with van der Waals surface area (Å²) in [6, 6.07) is 8.54. The van der Waals surface area contributed by atoms with Crippen molar-refractivity contribution in [1.82, 2.24) is 20.5 Å². The van der Waals surface area contributed by atoms with Crippen molar-refractivity contribution in [2.45, 2.75) is 64.1 Å². The monoisotopic (exact) mass is 409 g/mol. The predicted octanol–water partition coefficient (Wildman–Crippen LogP) is 3.22. The Hall–Kier alpha value is -3.00. The minimum Gasteiger partial charge on any atom is -0.350 e. The van der Waals surface area contributed by atoms with E-state index in [9.17, 15) is 4.79 Å². The van der Waals surface area contributed by atoms with Crippen LogP contribution >= 0.6 is 0 Å². The van der Waals surface area contributed by atoms with Crippen molar-refractivity contribution in [2.24, 2.45) is 5.73 Å². The van der Waals surface area contributed by atoms with Crippen molar-refractivity contribution in [1.29, 1.82) is 0 Å². The SMILES string of the molecule is C=CC(=O)N[C@H]1CCC[C@@H](Nc2nnc(CN)c(Nc3ccc(C(C)C)cc3)n2)C1. The molecule has 3 rings (SSSR count). The van der Waals surface area contributed by atoms with E-state index in [1.54, 1.807) is 0 Å². The summed E-state index contributed by atoms with van der Waals surface area (Å²) < 4.78 is 0. The summed E-state index contributed by atoms with van der Waals surface area (Å²) in [7, 11) is 0. The zero-order valence-electron chi connectivity index (χ0n) is 17.7. The van der Waals surface area contributed by atoms with Crippen molar-refractivity contribution >= 4 is 23.4 Å². The Morgan fingerprint density at radius 1 is 1.23 bits per heavy atom. The molecule has 2 aromatic rings. The van der Waals surface area contributed by atoms with E-state index < -0.39 is 0 Å². The Morgan fingerprint density at radius 3 is 2.63 bits per heavy atom. The van der Waals surface area contributed by atoms with Crippen LogP contribution in [0, 0.1) is 0 Å². The Labute approximate surface area is 177 Å². The van der Waals surface area contributed by atoms with Gasteiger partial charge in [0.2, 0.25) is 11.9 Å². The maximum Gasteiger partial charge on any atom is 0.244 e. The lowest BCUT2D eigenvalue weighted by Crippen LogP contribution is -2.41. The molecular weight excluding hydrogens is 378 g/mol. The van der Waals surface area contributed by atoms with Gasteiger partial charge in [0.15, 0.2) is 5.82 Å². The van der Waals surface area contributed by atoms with Crippen LogP contribution in [0.3, 0.4) is 0 Å². The number of rotatable bonds is 8. The van der Waals surface area contributed by atoms with E-state index in [1.165, 1.54) is 11.6 Å². The highest BCUT2D eigenvalue weighted by Gasteiger charge is 2.23. The number of benzene rings is 1. The number of amides is 1. The van der Waals surface area contributed by atoms with E-state index in [2.05, 4.69) is 63.7 Å². The largest absolute Gasteiger partial charge is 0.350 e. The Bertz CT molecular complexity index is 866. The van der Waals surface area contributed by atoms with E-state index in [0.717, 1.165) is 31.4 Å². The third-order valence-electron chi connectivity index (χ3n) is 5.33. The number of anilines is 3. The molecule has 0 bridgehead atoms. The molecule has 2 atom stereocenters. The highest BCUT2D eigenvalue weighted by atomic mass is 16.1. The molecule has 8 heteroatoms. The Kier molecular flexibility index (Phi) is 7.35. The average Bonchev–Trinajstić information content (AvgIpc) is 2.74. The maximum absolute atomic E-state index is 11.6. The van der Waals surface area contributed by atoms with Crippen LogP contribution in [0.1, 0.15) is 56.7 Å². The Balaban J connectivity index is 1.69. The van der Waals surface area contributed by atoms with Gasteiger partial charge in [-0.15, -0.1) is 10.2 Å². The van der Waals surface area contributed by atoms with E-state index in [4.69, 9.17) is 5.73 Å². The van der Waals surface area contributed by atoms with Gasteiger partial charge in [-0.3, -0.25) is 4.79 Å². The second-order valence-corrected chi connectivity index (χ2v) is 7.95. The Morgan fingerprint density at radius 2 is 1.97 bits per heavy atom. The summed E-state index contributed by atoms with van der Waals surface area (Å²) in [6.45, 7) is 8.09. The van der Waals surface area contributed by atoms with Crippen LogP contribution < -0.4 is 21.7 Å². The zero-order valence-corrected chi connectivity index (χ0v) is 17.7. The fourth-order valence-corrected chi connectivity index (χ4v) is 3.63. The molecule has 0 saturated heterocycles. The second kappa shape index (κ2) is 10.2. The number of carbonyl (C=O) groups is 1. The van der Waals surface area contributed by atoms with Crippen LogP contribution in [0.15, 0.2) is 36.9 Å². The average molecular weight is 410 g/mol. The molecule has 1 aliphatic rings. The van der Waals surface area contributed by atoms with Crippen LogP contribution in [0.4, 0.5) is 17.5 Å². The van der Waals surface area contributed by atoms with Gasteiger partial charge in [0, 0.05) is 24.3 Å². The molecule has 30 heavy (non-hydrogen) atoms. The van der Waals surface area contributed by atoms with Crippen molar-refractivity contribution in [3.8, 4) is 0 Å². The molecule has 8 nitrogen and oxygen atoms in total. The first kappa shape index (κ1) is 21.7. The van der Waals surface area contributed by atoms with Crippen molar-refractivity contribution in [2.75, 3.05) is 10.6 Å². The van der Waals surface area contributed by atoms with Gasteiger partial charge in [-0.2, -0.15) is 4.98 Å². The van der Waals surface area contributed by atoms with Gasteiger partial charge in [-0.1, -0.05) is 32.6 Å². The van der Waals surface area contributed by atoms with Crippen LogP contribution in [-0.2, 0) is 11.3 Å². The number of aromatic nitrogens is 3. The summed E-state index contributed by atoms with van der Waals surface area (Å²) in [5.41, 5.74) is 8.63. The minimum atomic E-state index is -0.138. The van der Waals surface area contributed by atoms with Crippen LogP contribution in [0.2, 0.25) is 0 Å². The van der Waals surface area contributed by atoms with Crippen molar-refractivity contribution in [3.05, 3.63) is 48.2 Å². The molecule has 0 spiro atoms. The molecule has 5 N–H and O–H groups in total. The standard InChI is InChI=1S/C22H31N7O/c1-4-20(30)24-17-6-5-7-18(12-17)26-22-27-21(19(13-23)28-29-22)25-16-10-8-15(9-11-16)14(2)3/h4,8-11,14,17-18H,1,5-7,12-13,23H2,2-3H3,(H,24,30)(H2,25,26,27,29)/t17-,18+/m0/s1. The van der Waals surface area contributed by atoms with E-state index >= 15 is 0 Å². The molecule has 1 saturated carbocycles. The normalized spacial score (nSPS) is 18.7. The first-order chi connectivity index (χ1) is 14.5. The molecule has 1 aromatic heterocycles. The number of nitrogens with two attached hydrogens (primary N) is 1. The van der Waals surface area contributed by atoms with E-state index in [0.29, 0.717) is 23.4 Å². The molecular formula is C22H31N7O. The second-order valence-electron chi connectivity index (χ2n) is 7.95. The van der Waals surface area contributed by atoms with Gasteiger partial charge in [-0.05, 0) is 55.4 Å². The van der Waals surface area contributed by atoms with Crippen molar-refractivity contribution in [3.63, 3.8) is 0 Å². The number of nitrogens with zero attached hydrogens (tertiary/aromatic N) is 3. The fraction of sp³-hybridized carbons (Fsp3) is 0.455.